The van der Waals surface area contributed by atoms with Crippen LogP contribution in [0.1, 0.15) is 68.3 Å². The summed E-state index contributed by atoms with van der Waals surface area (Å²) in [5.41, 5.74) is 2.82. The van der Waals surface area contributed by atoms with Gasteiger partial charge in [0, 0.05) is 19.0 Å². The summed E-state index contributed by atoms with van der Waals surface area (Å²) < 4.78 is 2.17. The lowest BCUT2D eigenvalue weighted by molar-refractivity contribution is 0.267. The summed E-state index contributed by atoms with van der Waals surface area (Å²) in [4.78, 5) is 0. The maximum absolute atomic E-state index is 4.40. The second kappa shape index (κ2) is 6.08. The van der Waals surface area contributed by atoms with Gasteiger partial charge in [0.2, 0.25) is 0 Å². The van der Waals surface area contributed by atoms with Gasteiger partial charge in [-0.15, -0.1) is 10.2 Å². The number of aromatic nitrogens is 3. The molecular weight excluding hydrogens is 284 g/mol. The van der Waals surface area contributed by atoms with Gasteiger partial charge in [-0.1, -0.05) is 45.0 Å². The van der Waals surface area contributed by atoms with E-state index in [1.807, 2.05) is 0 Å². The summed E-state index contributed by atoms with van der Waals surface area (Å²) in [7, 11) is 2.09. The van der Waals surface area contributed by atoms with E-state index in [-0.39, 0.29) is 11.5 Å². The van der Waals surface area contributed by atoms with Gasteiger partial charge in [0.15, 0.2) is 0 Å². The Morgan fingerprint density at radius 3 is 2.52 bits per heavy atom. The highest BCUT2D eigenvalue weighted by Gasteiger charge is 2.30. The monoisotopic (exact) mass is 312 g/mol. The number of benzene rings is 1. The molecule has 1 aromatic heterocycles. The molecule has 124 valence electrons. The third kappa shape index (κ3) is 3.47. The van der Waals surface area contributed by atoms with E-state index in [4.69, 9.17) is 0 Å². The van der Waals surface area contributed by atoms with Crippen LogP contribution in [0.3, 0.4) is 0 Å². The summed E-state index contributed by atoms with van der Waals surface area (Å²) in [6.45, 7) is 9.77. The molecule has 0 radical (unpaired) electrons. The van der Waals surface area contributed by atoms with E-state index in [9.17, 15) is 0 Å². The Labute approximate surface area is 139 Å². The molecule has 23 heavy (non-hydrogen) atoms. The highest BCUT2D eigenvalue weighted by atomic mass is 15.3. The smallest absolute Gasteiger partial charge is 0.146 e. The number of hydrogen-bond donors (Lipinski definition) is 1. The molecule has 0 spiro atoms. The summed E-state index contributed by atoms with van der Waals surface area (Å²) in [6, 6.07) is 8.91. The molecular formula is C19H28N4. The third-order valence-electron chi connectivity index (χ3n) is 4.77. The molecule has 0 aliphatic heterocycles. The minimum absolute atomic E-state index is 0.129. The molecule has 1 saturated carbocycles. The highest BCUT2D eigenvalue weighted by molar-refractivity contribution is 5.30. The molecule has 1 N–H and O–H groups in total. The van der Waals surface area contributed by atoms with Gasteiger partial charge in [-0.3, -0.25) is 0 Å². The van der Waals surface area contributed by atoms with Crippen LogP contribution in [0.25, 0.3) is 0 Å². The van der Waals surface area contributed by atoms with E-state index < -0.39 is 0 Å². The molecule has 1 fully saturated rings. The van der Waals surface area contributed by atoms with Crippen LogP contribution in [0.2, 0.25) is 0 Å². The first kappa shape index (κ1) is 16.2. The van der Waals surface area contributed by atoms with Gasteiger partial charge < -0.3 is 9.88 Å². The molecule has 3 rings (SSSR count). The van der Waals surface area contributed by atoms with E-state index in [0.717, 1.165) is 18.2 Å². The van der Waals surface area contributed by atoms with Crippen molar-refractivity contribution < 1.29 is 0 Å². The predicted octanol–water partition coefficient (Wildman–Crippen LogP) is 3.88. The van der Waals surface area contributed by atoms with Crippen molar-refractivity contribution in [1.29, 1.82) is 0 Å². The van der Waals surface area contributed by atoms with Crippen LogP contribution in [-0.4, -0.2) is 14.8 Å². The van der Waals surface area contributed by atoms with Crippen LogP contribution in [0.15, 0.2) is 24.3 Å². The Hall–Kier alpha value is -1.68. The van der Waals surface area contributed by atoms with Gasteiger partial charge in [0.25, 0.3) is 0 Å². The van der Waals surface area contributed by atoms with Gasteiger partial charge in [0.05, 0.1) is 6.54 Å². The maximum Gasteiger partial charge on any atom is 0.146 e. The normalized spacial score (nSPS) is 16.6. The van der Waals surface area contributed by atoms with Crippen LogP contribution in [0.5, 0.6) is 0 Å². The van der Waals surface area contributed by atoms with Crippen molar-refractivity contribution in [3.63, 3.8) is 0 Å². The van der Waals surface area contributed by atoms with E-state index in [1.54, 1.807) is 0 Å². The number of hydrogen-bond acceptors (Lipinski definition) is 3. The SMILES string of the molecule is Cc1ccccc1C(NCc1nnc(C2CC2)n1C)C(C)(C)C. The first-order valence-corrected chi connectivity index (χ1v) is 8.55. The topological polar surface area (TPSA) is 42.7 Å². The quantitative estimate of drug-likeness (QED) is 0.911. The standard InChI is InChI=1S/C19H28N4/c1-13-8-6-7-9-15(13)17(19(2,3)4)20-12-16-21-22-18(23(16)5)14-10-11-14/h6-9,14,17,20H,10-12H2,1-5H3. The Morgan fingerprint density at radius 2 is 1.91 bits per heavy atom. The lowest BCUT2D eigenvalue weighted by Crippen LogP contribution is -2.33. The van der Waals surface area contributed by atoms with Crippen LogP contribution in [0.4, 0.5) is 0 Å². The average molecular weight is 312 g/mol. The van der Waals surface area contributed by atoms with Gasteiger partial charge in [-0.05, 0) is 36.3 Å². The fourth-order valence-corrected chi connectivity index (χ4v) is 3.21. The van der Waals surface area contributed by atoms with E-state index in [1.165, 1.54) is 24.0 Å². The number of aryl methyl sites for hydroxylation is 1. The number of nitrogens with zero attached hydrogens (tertiary/aromatic N) is 3. The van der Waals surface area contributed by atoms with Crippen molar-refractivity contribution in [3.05, 3.63) is 47.0 Å². The molecule has 1 aromatic carbocycles. The number of nitrogens with one attached hydrogen (secondary N) is 1. The second-order valence-electron chi connectivity index (χ2n) is 7.84. The van der Waals surface area contributed by atoms with Gasteiger partial charge in [-0.25, -0.2) is 0 Å². The lowest BCUT2D eigenvalue weighted by Gasteiger charge is -2.33. The van der Waals surface area contributed by atoms with Gasteiger partial charge in [0.1, 0.15) is 11.6 Å². The Kier molecular flexibility index (Phi) is 4.28. The molecule has 4 heteroatoms. The van der Waals surface area contributed by atoms with Crippen molar-refractivity contribution >= 4 is 0 Å². The predicted molar refractivity (Wildman–Crippen MR) is 93.2 cm³/mol. The molecule has 1 aliphatic carbocycles. The first-order chi connectivity index (χ1) is 10.9. The molecule has 1 unspecified atom stereocenters. The zero-order valence-corrected chi connectivity index (χ0v) is 14.9. The van der Waals surface area contributed by atoms with Crippen molar-refractivity contribution in [2.24, 2.45) is 12.5 Å². The molecule has 1 heterocycles. The first-order valence-electron chi connectivity index (χ1n) is 8.55. The molecule has 0 saturated heterocycles. The van der Waals surface area contributed by atoms with Gasteiger partial charge >= 0.3 is 0 Å². The molecule has 0 bridgehead atoms. The Balaban J connectivity index is 1.79. The fraction of sp³-hybridized carbons (Fsp3) is 0.579. The van der Waals surface area contributed by atoms with Crippen LogP contribution < -0.4 is 5.32 Å². The molecule has 1 atom stereocenters. The van der Waals surface area contributed by atoms with Crippen LogP contribution in [0, 0.1) is 12.3 Å². The molecule has 4 nitrogen and oxygen atoms in total. The fourth-order valence-electron chi connectivity index (χ4n) is 3.21. The van der Waals surface area contributed by atoms with Gasteiger partial charge in [-0.2, -0.15) is 0 Å². The van der Waals surface area contributed by atoms with E-state index in [2.05, 4.69) is 79.1 Å². The molecule has 1 aliphatic rings. The van der Waals surface area contributed by atoms with Crippen LogP contribution >= 0.6 is 0 Å². The van der Waals surface area contributed by atoms with E-state index in [0.29, 0.717) is 5.92 Å². The minimum atomic E-state index is 0.129. The Morgan fingerprint density at radius 1 is 1.22 bits per heavy atom. The zero-order chi connectivity index (χ0) is 16.6. The van der Waals surface area contributed by atoms with Crippen molar-refractivity contribution in [1.82, 2.24) is 20.1 Å². The summed E-state index contributed by atoms with van der Waals surface area (Å²) in [5, 5.41) is 12.5. The largest absolute Gasteiger partial charge is 0.317 e. The third-order valence-corrected chi connectivity index (χ3v) is 4.77. The zero-order valence-electron chi connectivity index (χ0n) is 14.9. The minimum Gasteiger partial charge on any atom is -0.317 e. The molecule has 0 amide bonds. The highest BCUT2D eigenvalue weighted by Crippen LogP contribution is 2.39. The average Bonchev–Trinajstić information content (AvgIpc) is 3.25. The lowest BCUT2D eigenvalue weighted by atomic mass is 9.81. The van der Waals surface area contributed by atoms with Crippen molar-refractivity contribution in [3.8, 4) is 0 Å². The maximum atomic E-state index is 4.40. The summed E-state index contributed by atoms with van der Waals surface area (Å²) in [6.07, 6.45) is 2.51. The second-order valence-corrected chi connectivity index (χ2v) is 7.84. The molecule has 2 aromatic rings. The Bertz CT molecular complexity index is 677. The van der Waals surface area contributed by atoms with Crippen molar-refractivity contribution in [2.45, 2.75) is 59.0 Å². The summed E-state index contributed by atoms with van der Waals surface area (Å²) >= 11 is 0. The summed E-state index contributed by atoms with van der Waals surface area (Å²) in [5.74, 6) is 2.80. The van der Waals surface area contributed by atoms with E-state index >= 15 is 0 Å². The van der Waals surface area contributed by atoms with Crippen LogP contribution in [-0.2, 0) is 13.6 Å². The number of rotatable bonds is 5. The van der Waals surface area contributed by atoms with Crippen molar-refractivity contribution in [2.75, 3.05) is 0 Å².